The first-order valence-corrected chi connectivity index (χ1v) is 10.1. The van der Waals surface area contributed by atoms with Gasteiger partial charge in [-0.3, -0.25) is 14.3 Å². The lowest BCUT2D eigenvalue weighted by Crippen LogP contribution is -2.23. The SMILES string of the molecule is C[C@@H]1Cc2nc(SCc3ccccn3)n(-c3ccc(F)cc3)c(=O)c2S1. The van der Waals surface area contributed by atoms with Crippen LogP contribution in [0.15, 0.2) is 63.5 Å². The first kappa shape index (κ1) is 17.3. The maximum absolute atomic E-state index is 13.3. The Hall–Kier alpha value is -2.12. The Morgan fingerprint density at radius 3 is 2.81 bits per heavy atom. The third kappa shape index (κ3) is 3.41. The first-order valence-electron chi connectivity index (χ1n) is 8.23. The van der Waals surface area contributed by atoms with E-state index < -0.39 is 0 Å². The van der Waals surface area contributed by atoms with Gasteiger partial charge in [-0.25, -0.2) is 9.37 Å². The van der Waals surface area contributed by atoms with Gasteiger partial charge in [0.25, 0.3) is 5.56 Å². The monoisotopic (exact) mass is 385 g/mol. The Bertz CT molecular complexity index is 990. The number of hydrogen-bond acceptors (Lipinski definition) is 5. The number of pyridine rings is 1. The van der Waals surface area contributed by atoms with E-state index in [0.717, 1.165) is 17.8 Å². The normalized spacial score (nSPS) is 15.8. The van der Waals surface area contributed by atoms with E-state index in [2.05, 4.69) is 11.9 Å². The molecule has 2 aromatic heterocycles. The van der Waals surface area contributed by atoms with Crippen LogP contribution in [0, 0.1) is 5.82 Å². The molecule has 1 aliphatic heterocycles. The Labute approximate surface area is 158 Å². The highest BCUT2D eigenvalue weighted by atomic mass is 32.2. The number of fused-ring (bicyclic) bond motifs is 1. The molecule has 0 bridgehead atoms. The van der Waals surface area contributed by atoms with E-state index in [-0.39, 0.29) is 11.4 Å². The maximum atomic E-state index is 13.3. The van der Waals surface area contributed by atoms with Crippen molar-refractivity contribution >= 4 is 23.5 Å². The van der Waals surface area contributed by atoms with E-state index in [1.807, 2.05) is 18.2 Å². The van der Waals surface area contributed by atoms with Gasteiger partial charge in [-0.1, -0.05) is 24.8 Å². The summed E-state index contributed by atoms with van der Waals surface area (Å²) in [6.45, 7) is 2.09. The van der Waals surface area contributed by atoms with Gasteiger partial charge < -0.3 is 0 Å². The van der Waals surface area contributed by atoms with E-state index in [9.17, 15) is 9.18 Å². The molecule has 132 valence electrons. The van der Waals surface area contributed by atoms with Crippen LogP contribution in [0.5, 0.6) is 0 Å². The molecule has 4 rings (SSSR count). The lowest BCUT2D eigenvalue weighted by atomic mass is 10.2. The molecular weight excluding hydrogens is 369 g/mol. The van der Waals surface area contributed by atoms with Gasteiger partial charge >= 0.3 is 0 Å². The Morgan fingerprint density at radius 2 is 2.08 bits per heavy atom. The number of nitrogens with zero attached hydrogens (tertiary/aromatic N) is 3. The summed E-state index contributed by atoms with van der Waals surface area (Å²) in [5.74, 6) is 0.275. The molecule has 0 aliphatic carbocycles. The van der Waals surface area contributed by atoms with Gasteiger partial charge in [-0.2, -0.15) is 0 Å². The summed E-state index contributed by atoms with van der Waals surface area (Å²) in [5.41, 5.74) is 2.31. The smallest absolute Gasteiger partial charge is 0.268 e. The van der Waals surface area contributed by atoms with Gasteiger partial charge in [0.2, 0.25) is 0 Å². The van der Waals surface area contributed by atoms with Crippen molar-refractivity contribution in [2.75, 3.05) is 0 Å². The van der Waals surface area contributed by atoms with Crippen molar-refractivity contribution in [1.82, 2.24) is 14.5 Å². The maximum Gasteiger partial charge on any atom is 0.272 e. The van der Waals surface area contributed by atoms with Gasteiger partial charge in [0, 0.05) is 23.6 Å². The zero-order valence-corrected chi connectivity index (χ0v) is 15.7. The molecule has 3 aromatic rings. The average molecular weight is 385 g/mol. The molecule has 0 fully saturated rings. The van der Waals surface area contributed by atoms with Gasteiger partial charge in [0.05, 0.1) is 22.0 Å². The summed E-state index contributed by atoms with van der Waals surface area (Å²) in [4.78, 5) is 22.9. The molecule has 0 unspecified atom stereocenters. The highest BCUT2D eigenvalue weighted by Crippen LogP contribution is 2.35. The molecule has 3 heterocycles. The topological polar surface area (TPSA) is 47.8 Å². The first-order chi connectivity index (χ1) is 12.6. The minimum absolute atomic E-state index is 0.0838. The molecular formula is C19H16FN3OS2. The fourth-order valence-corrected chi connectivity index (χ4v) is 4.88. The number of thioether (sulfide) groups is 2. The van der Waals surface area contributed by atoms with Crippen LogP contribution < -0.4 is 5.56 Å². The fourth-order valence-electron chi connectivity index (χ4n) is 2.84. The van der Waals surface area contributed by atoms with Crippen LogP contribution in [0.3, 0.4) is 0 Å². The third-order valence-corrected chi connectivity index (χ3v) is 6.23. The summed E-state index contributed by atoms with van der Waals surface area (Å²) >= 11 is 3.03. The minimum atomic E-state index is -0.332. The summed E-state index contributed by atoms with van der Waals surface area (Å²) < 4.78 is 14.9. The van der Waals surface area contributed by atoms with E-state index in [0.29, 0.717) is 26.7 Å². The minimum Gasteiger partial charge on any atom is -0.268 e. The van der Waals surface area contributed by atoms with Crippen molar-refractivity contribution in [3.63, 3.8) is 0 Å². The Morgan fingerprint density at radius 1 is 1.27 bits per heavy atom. The number of aromatic nitrogens is 3. The van der Waals surface area contributed by atoms with Gasteiger partial charge in [-0.15, -0.1) is 11.8 Å². The predicted octanol–water partition coefficient (Wildman–Crippen LogP) is 4.10. The second kappa shape index (κ2) is 7.25. The van der Waals surface area contributed by atoms with Crippen LogP contribution in [-0.4, -0.2) is 19.8 Å². The van der Waals surface area contributed by atoms with E-state index >= 15 is 0 Å². The molecule has 0 N–H and O–H groups in total. The molecule has 4 nitrogen and oxygen atoms in total. The molecule has 26 heavy (non-hydrogen) atoms. The number of halogens is 1. The summed E-state index contributed by atoms with van der Waals surface area (Å²) in [6.07, 6.45) is 2.54. The molecule has 7 heteroatoms. The molecule has 0 saturated heterocycles. The van der Waals surface area contributed by atoms with E-state index in [1.54, 1.807) is 34.7 Å². The largest absolute Gasteiger partial charge is 0.272 e. The highest BCUT2D eigenvalue weighted by molar-refractivity contribution is 8.00. The average Bonchev–Trinajstić information content (AvgIpc) is 3.03. The van der Waals surface area contributed by atoms with Gasteiger partial charge in [-0.05, 0) is 36.4 Å². The fraction of sp³-hybridized carbons (Fsp3) is 0.211. The van der Waals surface area contributed by atoms with Crippen molar-refractivity contribution in [2.24, 2.45) is 0 Å². The Kier molecular flexibility index (Phi) is 4.82. The third-order valence-electron chi connectivity index (χ3n) is 4.04. The summed E-state index contributed by atoms with van der Waals surface area (Å²) in [7, 11) is 0. The van der Waals surface area contributed by atoms with E-state index in [4.69, 9.17) is 4.98 Å². The highest BCUT2D eigenvalue weighted by Gasteiger charge is 2.26. The molecule has 0 radical (unpaired) electrons. The summed E-state index contributed by atoms with van der Waals surface area (Å²) in [6, 6.07) is 11.7. The molecule has 1 atom stereocenters. The van der Waals surface area contributed by atoms with Crippen LogP contribution >= 0.6 is 23.5 Å². The van der Waals surface area contributed by atoms with Crippen molar-refractivity contribution in [2.45, 2.75) is 34.4 Å². The van der Waals surface area contributed by atoms with Crippen molar-refractivity contribution in [1.29, 1.82) is 0 Å². The Balaban J connectivity index is 1.78. The molecule has 0 saturated carbocycles. The standard InChI is InChI=1S/C19H16FN3OS2/c1-12-10-16-17(26-12)18(24)23(15-7-5-13(20)6-8-15)19(22-16)25-11-14-4-2-3-9-21-14/h2-9,12H,10-11H2,1H3/t12-/m1/s1. The zero-order valence-electron chi connectivity index (χ0n) is 14.1. The lowest BCUT2D eigenvalue weighted by molar-refractivity contribution is 0.626. The predicted molar refractivity (Wildman–Crippen MR) is 103 cm³/mol. The van der Waals surface area contributed by atoms with Crippen LogP contribution in [0.1, 0.15) is 18.3 Å². The molecule has 1 aromatic carbocycles. The second-order valence-electron chi connectivity index (χ2n) is 6.03. The number of benzene rings is 1. The number of hydrogen-bond donors (Lipinski definition) is 0. The van der Waals surface area contributed by atoms with Gasteiger partial charge in [0.15, 0.2) is 5.16 Å². The van der Waals surface area contributed by atoms with Crippen LogP contribution in [-0.2, 0) is 12.2 Å². The lowest BCUT2D eigenvalue weighted by Gasteiger charge is -2.13. The van der Waals surface area contributed by atoms with Crippen molar-refractivity contribution in [3.05, 3.63) is 76.2 Å². The van der Waals surface area contributed by atoms with Crippen LogP contribution in [0.25, 0.3) is 5.69 Å². The molecule has 1 aliphatic rings. The quantitative estimate of drug-likeness (QED) is 0.500. The summed E-state index contributed by atoms with van der Waals surface area (Å²) in [5, 5.41) is 0.948. The van der Waals surface area contributed by atoms with Crippen LogP contribution in [0.4, 0.5) is 4.39 Å². The second-order valence-corrected chi connectivity index (χ2v) is 8.42. The molecule has 0 spiro atoms. The number of rotatable bonds is 4. The van der Waals surface area contributed by atoms with E-state index in [1.165, 1.54) is 23.9 Å². The van der Waals surface area contributed by atoms with Crippen LogP contribution in [0.2, 0.25) is 0 Å². The van der Waals surface area contributed by atoms with Gasteiger partial charge in [0.1, 0.15) is 5.82 Å². The molecule has 0 amide bonds. The van der Waals surface area contributed by atoms with Crippen molar-refractivity contribution < 1.29 is 4.39 Å². The van der Waals surface area contributed by atoms with Crippen molar-refractivity contribution in [3.8, 4) is 5.69 Å². The zero-order chi connectivity index (χ0) is 18.1.